The molecule has 0 aromatic heterocycles. The van der Waals surface area contributed by atoms with Crippen molar-refractivity contribution >= 4 is 24.0 Å². The van der Waals surface area contributed by atoms with Crippen LogP contribution in [0.1, 0.15) is 18.4 Å². The molecule has 0 bridgehead atoms. The van der Waals surface area contributed by atoms with Crippen LogP contribution in [-0.4, -0.2) is 22.9 Å². The van der Waals surface area contributed by atoms with Crippen molar-refractivity contribution in [2.75, 3.05) is 6.54 Å². The van der Waals surface area contributed by atoms with Crippen molar-refractivity contribution in [2.24, 2.45) is 5.73 Å². The van der Waals surface area contributed by atoms with E-state index in [9.17, 15) is 14.9 Å². The molecule has 2 rings (SSSR count). The Morgan fingerprint density at radius 2 is 2.05 bits per heavy atom. The molecule has 1 aromatic carbocycles. The topological polar surface area (TPSA) is 98.3 Å². The molecule has 0 unspecified atom stereocenters. The maximum absolute atomic E-state index is 11.6. The monoisotopic (exact) mass is 285 g/mol. The number of halogens is 1. The van der Waals surface area contributed by atoms with Gasteiger partial charge in [0.2, 0.25) is 5.91 Å². The van der Waals surface area contributed by atoms with Crippen LogP contribution < -0.4 is 11.1 Å². The molecular weight excluding hydrogens is 270 g/mol. The molecule has 6 nitrogen and oxygen atoms in total. The highest BCUT2D eigenvalue weighted by Gasteiger charge is 2.45. The van der Waals surface area contributed by atoms with Crippen LogP contribution in [0.25, 0.3) is 0 Å². The van der Waals surface area contributed by atoms with Gasteiger partial charge in [0.15, 0.2) is 0 Å². The predicted octanol–water partition coefficient (Wildman–Crippen LogP) is 1.17. The van der Waals surface area contributed by atoms with E-state index in [1.807, 2.05) is 0 Å². The first-order valence-corrected chi connectivity index (χ1v) is 5.82. The Hall–Kier alpha value is -1.66. The SMILES string of the molecule is Cl.NC1(C(=O)NCCc2ccccc2[N+](=O)[O-])CC1. The third-order valence-electron chi connectivity index (χ3n) is 3.11. The summed E-state index contributed by atoms with van der Waals surface area (Å²) < 4.78 is 0. The zero-order valence-electron chi connectivity index (χ0n) is 10.3. The van der Waals surface area contributed by atoms with E-state index in [0.717, 1.165) is 0 Å². The minimum Gasteiger partial charge on any atom is -0.354 e. The normalized spacial score (nSPS) is 15.2. The molecule has 3 N–H and O–H groups in total. The van der Waals surface area contributed by atoms with E-state index in [1.165, 1.54) is 6.07 Å². The highest BCUT2D eigenvalue weighted by Crippen LogP contribution is 2.32. The lowest BCUT2D eigenvalue weighted by atomic mass is 10.1. The van der Waals surface area contributed by atoms with Gasteiger partial charge in [0.05, 0.1) is 10.5 Å². The van der Waals surface area contributed by atoms with Gasteiger partial charge in [-0.15, -0.1) is 12.4 Å². The summed E-state index contributed by atoms with van der Waals surface area (Å²) in [5, 5.41) is 13.5. The second-order valence-corrected chi connectivity index (χ2v) is 4.55. The number of amides is 1. The summed E-state index contributed by atoms with van der Waals surface area (Å²) in [6.07, 6.45) is 1.85. The number of nitro groups is 1. The quantitative estimate of drug-likeness (QED) is 0.626. The van der Waals surface area contributed by atoms with E-state index in [-0.39, 0.29) is 24.0 Å². The average molecular weight is 286 g/mol. The van der Waals surface area contributed by atoms with Gasteiger partial charge in [0, 0.05) is 18.2 Å². The fourth-order valence-corrected chi connectivity index (χ4v) is 1.75. The number of hydrogen-bond donors (Lipinski definition) is 2. The number of carbonyl (C=O) groups excluding carboxylic acids is 1. The van der Waals surface area contributed by atoms with Crippen LogP contribution >= 0.6 is 12.4 Å². The van der Waals surface area contributed by atoms with Crippen molar-refractivity contribution in [3.8, 4) is 0 Å². The van der Waals surface area contributed by atoms with Gasteiger partial charge in [-0.05, 0) is 19.3 Å². The highest BCUT2D eigenvalue weighted by molar-refractivity contribution is 5.88. The van der Waals surface area contributed by atoms with Gasteiger partial charge in [-0.3, -0.25) is 14.9 Å². The summed E-state index contributed by atoms with van der Waals surface area (Å²) in [6, 6.07) is 6.52. The number of rotatable bonds is 5. The lowest BCUT2D eigenvalue weighted by molar-refractivity contribution is -0.385. The summed E-state index contributed by atoms with van der Waals surface area (Å²) in [6.45, 7) is 0.364. The van der Waals surface area contributed by atoms with Crippen LogP contribution in [0.5, 0.6) is 0 Å². The van der Waals surface area contributed by atoms with Gasteiger partial charge >= 0.3 is 0 Å². The van der Waals surface area contributed by atoms with Crippen molar-refractivity contribution < 1.29 is 9.72 Å². The molecule has 0 heterocycles. The van der Waals surface area contributed by atoms with E-state index >= 15 is 0 Å². The summed E-state index contributed by atoms with van der Waals surface area (Å²) in [5.41, 5.74) is 5.73. The molecule has 0 radical (unpaired) electrons. The lowest BCUT2D eigenvalue weighted by Crippen LogP contribution is -2.43. The van der Waals surface area contributed by atoms with Crippen molar-refractivity contribution in [1.82, 2.24) is 5.32 Å². The fourth-order valence-electron chi connectivity index (χ4n) is 1.75. The van der Waals surface area contributed by atoms with Gasteiger partial charge in [0.1, 0.15) is 0 Å². The number of nitrogens with zero attached hydrogens (tertiary/aromatic N) is 1. The van der Waals surface area contributed by atoms with Crippen molar-refractivity contribution in [3.05, 3.63) is 39.9 Å². The van der Waals surface area contributed by atoms with Gasteiger partial charge in [0.25, 0.3) is 5.69 Å². The van der Waals surface area contributed by atoms with E-state index in [1.54, 1.807) is 18.2 Å². The van der Waals surface area contributed by atoms with Crippen LogP contribution in [0.4, 0.5) is 5.69 Å². The Morgan fingerprint density at radius 3 is 2.63 bits per heavy atom. The number of benzene rings is 1. The molecule has 1 aliphatic rings. The zero-order valence-corrected chi connectivity index (χ0v) is 11.1. The largest absolute Gasteiger partial charge is 0.354 e. The number of para-hydroxylation sites is 1. The first kappa shape index (κ1) is 15.4. The maximum atomic E-state index is 11.6. The van der Waals surface area contributed by atoms with Gasteiger partial charge in [-0.2, -0.15) is 0 Å². The summed E-state index contributed by atoms with van der Waals surface area (Å²) >= 11 is 0. The minimum absolute atomic E-state index is 0. The van der Waals surface area contributed by atoms with Gasteiger partial charge in [-0.25, -0.2) is 0 Å². The number of hydrogen-bond acceptors (Lipinski definition) is 4. The van der Waals surface area contributed by atoms with E-state index in [4.69, 9.17) is 5.73 Å². The Balaban J connectivity index is 0.00000180. The molecule has 0 aliphatic heterocycles. The molecule has 0 atom stereocenters. The molecule has 1 aromatic rings. The van der Waals surface area contributed by atoms with Crippen LogP contribution in [0.3, 0.4) is 0 Å². The summed E-state index contributed by atoms with van der Waals surface area (Å²) in [4.78, 5) is 21.9. The molecule has 0 spiro atoms. The standard InChI is InChI=1S/C12H15N3O3.ClH/c13-12(6-7-12)11(16)14-8-5-9-3-1-2-4-10(9)15(17)18;/h1-4H,5-8,13H2,(H,14,16);1H. The van der Waals surface area contributed by atoms with E-state index < -0.39 is 10.5 Å². The Labute approximate surface area is 116 Å². The van der Waals surface area contributed by atoms with Gasteiger partial charge in [-0.1, -0.05) is 18.2 Å². The Kier molecular flexibility index (Phi) is 4.85. The smallest absolute Gasteiger partial charge is 0.272 e. The fraction of sp³-hybridized carbons (Fsp3) is 0.417. The number of nitrogens with one attached hydrogen (secondary N) is 1. The number of carbonyl (C=O) groups is 1. The van der Waals surface area contributed by atoms with Crippen LogP contribution in [-0.2, 0) is 11.2 Å². The van der Waals surface area contributed by atoms with Crippen molar-refractivity contribution in [1.29, 1.82) is 0 Å². The minimum atomic E-state index is -0.692. The lowest BCUT2D eigenvalue weighted by Gasteiger charge is -2.09. The summed E-state index contributed by atoms with van der Waals surface area (Å²) in [7, 11) is 0. The van der Waals surface area contributed by atoms with Gasteiger partial charge < -0.3 is 11.1 Å². The molecule has 19 heavy (non-hydrogen) atoms. The van der Waals surface area contributed by atoms with Crippen molar-refractivity contribution in [3.63, 3.8) is 0 Å². The molecule has 1 aliphatic carbocycles. The Bertz CT molecular complexity index is 489. The zero-order chi connectivity index (χ0) is 13.2. The molecule has 104 valence electrons. The summed E-state index contributed by atoms with van der Waals surface area (Å²) in [5.74, 6) is -0.166. The van der Waals surface area contributed by atoms with E-state index in [2.05, 4.69) is 5.32 Å². The highest BCUT2D eigenvalue weighted by atomic mass is 35.5. The molecule has 7 heteroatoms. The molecule has 0 saturated heterocycles. The number of nitro benzene ring substituents is 1. The maximum Gasteiger partial charge on any atom is 0.272 e. The van der Waals surface area contributed by atoms with Crippen LogP contribution in [0.2, 0.25) is 0 Å². The first-order valence-electron chi connectivity index (χ1n) is 5.82. The number of nitrogens with two attached hydrogens (primary N) is 1. The second kappa shape index (κ2) is 5.99. The Morgan fingerprint density at radius 1 is 1.42 bits per heavy atom. The first-order chi connectivity index (χ1) is 8.53. The van der Waals surface area contributed by atoms with Crippen LogP contribution in [0.15, 0.2) is 24.3 Å². The third-order valence-corrected chi connectivity index (χ3v) is 3.11. The molecule has 1 amide bonds. The average Bonchev–Trinajstić information content (AvgIpc) is 3.09. The van der Waals surface area contributed by atoms with E-state index in [0.29, 0.717) is 31.4 Å². The molecule has 1 saturated carbocycles. The van der Waals surface area contributed by atoms with Crippen LogP contribution in [0, 0.1) is 10.1 Å². The van der Waals surface area contributed by atoms with Crippen molar-refractivity contribution in [2.45, 2.75) is 24.8 Å². The molecule has 1 fully saturated rings. The third kappa shape index (κ3) is 3.65. The molecular formula is C12H16ClN3O3. The predicted molar refractivity (Wildman–Crippen MR) is 73.2 cm³/mol. The second-order valence-electron chi connectivity index (χ2n) is 4.55.